The van der Waals surface area contributed by atoms with E-state index in [1.165, 1.54) is 5.56 Å². The summed E-state index contributed by atoms with van der Waals surface area (Å²) in [4.78, 5) is 15.1. The van der Waals surface area contributed by atoms with Gasteiger partial charge in [-0.2, -0.15) is 16.4 Å². The van der Waals surface area contributed by atoms with Gasteiger partial charge in [-0.25, -0.2) is 4.68 Å². The monoisotopic (exact) mass is 415 g/mol. The first kappa shape index (κ1) is 16.5. The molecule has 1 amide bonds. The van der Waals surface area contributed by atoms with Crippen LogP contribution in [0, 0.1) is 6.92 Å². The Balaban J connectivity index is 1.64. The average molecular weight is 416 g/mol. The number of carbonyl (C=O) groups excluding carboxylic acids is 1. The maximum atomic E-state index is 13.1. The van der Waals surface area contributed by atoms with E-state index in [1.807, 2.05) is 40.8 Å². The van der Waals surface area contributed by atoms with E-state index in [0.29, 0.717) is 5.56 Å². The predicted molar refractivity (Wildman–Crippen MR) is 103 cm³/mol. The highest BCUT2D eigenvalue weighted by molar-refractivity contribution is 9.10. The second-order valence-electron chi connectivity index (χ2n) is 6.25. The molecule has 1 fully saturated rings. The van der Waals surface area contributed by atoms with Crippen LogP contribution < -0.4 is 0 Å². The molecule has 1 aromatic carbocycles. The van der Waals surface area contributed by atoms with Gasteiger partial charge in [0.15, 0.2) is 0 Å². The molecule has 1 saturated heterocycles. The van der Waals surface area contributed by atoms with Crippen molar-refractivity contribution in [3.8, 4) is 5.69 Å². The Hall–Kier alpha value is -1.92. The minimum atomic E-state index is 0.0783. The molecule has 0 aliphatic carbocycles. The van der Waals surface area contributed by atoms with E-state index in [4.69, 9.17) is 0 Å². The Labute approximate surface area is 159 Å². The summed E-state index contributed by atoms with van der Waals surface area (Å²) in [6.07, 6.45) is 3.78. The van der Waals surface area contributed by atoms with E-state index in [9.17, 15) is 4.79 Å². The number of hydrogen-bond donors (Lipinski definition) is 0. The molecule has 0 spiro atoms. The van der Waals surface area contributed by atoms with Crippen LogP contribution in [0.5, 0.6) is 0 Å². The van der Waals surface area contributed by atoms with Crippen LogP contribution in [0.1, 0.15) is 40.5 Å². The fourth-order valence-corrected chi connectivity index (χ4v) is 4.41. The Kier molecular flexibility index (Phi) is 4.48. The summed E-state index contributed by atoms with van der Waals surface area (Å²) in [6.45, 7) is 2.76. The fraction of sp³-hybridized carbons (Fsp3) is 0.263. The average Bonchev–Trinajstić information content (AvgIpc) is 3.35. The number of rotatable bonds is 3. The molecule has 4 rings (SSSR count). The molecule has 1 unspecified atom stereocenters. The molecule has 128 valence electrons. The number of carbonyl (C=O) groups is 1. The van der Waals surface area contributed by atoms with Gasteiger partial charge in [-0.05, 0) is 66.4 Å². The molecular formula is C19H18BrN3OS. The smallest absolute Gasteiger partial charge is 0.257 e. The van der Waals surface area contributed by atoms with Crippen LogP contribution in [0.3, 0.4) is 0 Å². The molecule has 0 saturated carbocycles. The Morgan fingerprint density at radius 3 is 2.80 bits per heavy atom. The maximum Gasteiger partial charge on any atom is 0.257 e. The zero-order chi connectivity index (χ0) is 17.4. The third-order valence-electron chi connectivity index (χ3n) is 4.75. The minimum absolute atomic E-state index is 0.0783. The molecule has 4 nitrogen and oxygen atoms in total. The lowest BCUT2D eigenvalue weighted by Crippen LogP contribution is -2.30. The Morgan fingerprint density at radius 1 is 1.28 bits per heavy atom. The molecule has 0 radical (unpaired) electrons. The molecule has 3 aromatic rings. The van der Waals surface area contributed by atoms with Crippen molar-refractivity contribution < 1.29 is 4.79 Å². The van der Waals surface area contributed by atoms with E-state index in [1.54, 1.807) is 17.5 Å². The van der Waals surface area contributed by atoms with Crippen LogP contribution in [-0.4, -0.2) is 27.1 Å². The SMILES string of the molecule is Cc1c(C(=O)N2CCCC2c2ccsc2)cnn1-c1ccc(Br)cc1. The van der Waals surface area contributed by atoms with Gasteiger partial charge in [-0.15, -0.1) is 0 Å². The van der Waals surface area contributed by atoms with E-state index in [2.05, 4.69) is 37.9 Å². The molecule has 3 heterocycles. The van der Waals surface area contributed by atoms with Gasteiger partial charge in [0, 0.05) is 11.0 Å². The standard InChI is InChI=1S/C19H18BrN3OS/c1-13-17(11-21-23(13)16-6-4-15(20)5-7-16)19(24)22-9-2-3-18(22)14-8-10-25-12-14/h4-8,10-12,18H,2-3,9H2,1H3. The highest BCUT2D eigenvalue weighted by atomic mass is 79.9. The van der Waals surface area contributed by atoms with Gasteiger partial charge in [0.05, 0.1) is 29.2 Å². The number of thiophene rings is 1. The number of halogens is 1. The second-order valence-corrected chi connectivity index (χ2v) is 7.94. The summed E-state index contributed by atoms with van der Waals surface area (Å²) in [5, 5.41) is 8.68. The minimum Gasteiger partial charge on any atom is -0.331 e. The lowest BCUT2D eigenvalue weighted by Gasteiger charge is -2.24. The largest absolute Gasteiger partial charge is 0.331 e. The van der Waals surface area contributed by atoms with Gasteiger partial charge >= 0.3 is 0 Å². The van der Waals surface area contributed by atoms with E-state index >= 15 is 0 Å². The molecular weight excluding hydrogens is 398 g/mol. The van der Waals surface area contributed by atoms with Crippen LogP contribution >= 0.6 is 27.3 Å². The van der Waals surface area contributed by atoms with Gasteiger partial charge in [0.1, 0.15) is 0 Å². The van der Waals surface area contributed by atoms with E-state index in [0.717, 1.165) is 35.2 Å². The van der Waals surface area contributed by atoms with Crippen molar-refractivity contribution in [3.63, 3.8) is 0 Å². The van der Waals surface area contributed by atoms with Crippen molar-refractivity contribution >= 4 is 33.2 Å². The first-order valence-corrected chi connectivity index (χ1v) is 10.0. The third kappa shape index (κ3) is 3.04. The molecule has 25 heavy (non-hydrogen) atoms. The predicted octanol–water partition coefficient (Wildman–Crippen LogP) is 4.98. The summed E-state index contributed by atoms with van der Waals surface area (Å²) in [6, 6.07) is 10.2. The van der Waals surface area contributed by atoms with Gasteiger partial charge in [-0.1, -0.05) is 15.9 Å². The van der Waals surface area contributed by atoms with Crippen molar-refractivity contribution in [3.05, 3.63) is 68.6 Å². The summed E-state index contributed by atoms with van der Waals surface area (Å²) < 4.78 is 2.85. The first-order chi connectivity index (χ1) is 12.1. The van der Waals surface area contributed by atoms with E-state index < -0.39 is 0 Å². The number of benzene rings is 1. The molecule has 0 N–H and O–H groups in total. The van der Waals surface area contributed by atoms with Crippen LogP contribution in [-0.2, 0) is 0 Å². The highest BCUT2D eigenvalue weighted by Gasteiger charge is 2.32. The highest BCUT2D eigenvalue weighted by Crippen LogP contribution is 2.34. The number of nitrogens with zero attached hydrogens (tertiary/aromatic N) is 3. The third-order valence-corrected chi connectivity index (χ3v) is 5.98. The number of hydrogen-bond acceptors (Lipinski definition) is 3. The van der Waals surface area contributed by atoms with Gasteiger partial charge < -0.3 is 4.90 Å². The molecule has 6 heteroatoms. The van der Waals surface area contributed by atoms with Gasteiger partial charge in [0.2, 0.25) is 0 Å². The van der Waals surface area contributed by atoms with Crippen molar-refractivity contribution in [1.29, 1.82) is 0 Å². The lowest BCUT2D eigenvalue weighted by atomic mass is 10.1. The summed E-state index contributed by atoms with van der Waals surface area (Å²) in [7, 11) is 0. The first-order valence-electron chi connectivity index (χ1n) is 8.29. The summed E-state index contributed by atoms with van der Waals surface area (Å²) in [5.74, 6) is 0.0783. The van der Waals surface area contributed by atoms with Gasteiger partial charge in [-0.3, -0.25) is 4.79 Å². The normalized spacial score (nSPS) is 17.2. The maximum absolute atomic E-state index is 13.1. The zero-order valence-corrected chi connectivity index (χ0v) is 16.3. The van der Waals surface area contributed by atoms with Crippen molar-refractivity contribution in [1.82, 2.24) is 14.7 Å². The van der Waals surface area contributed by atoms with Crippen molar-refractivity contribution in [2.75, 3.05) is 6.54 Å². The zero-order valence-electron chi connectivity index (χ0n) is 13.9. The Bertz CT molecular complexity index is 886. The van der Waals surface area contributed by atoms with Crippen molar-refractivity contribution in [2.24, 2.45) is 0 Å². The van der Waals surface area contributed by atoms with Crippen LogP contribution in [0.15, 0.2) is 51.8 Å². The van der Waals surface area contributed by atoms with Crippen molar-refractivity contribution in [2.45, 2.75) is 25.8 Å². The number of aromatic nitrogens is 2. The molecule has 0 bridgehead atoms. The van der Waals surface area contributed by atoms with Crippen LogP contribution in [0.4, 0.5) is 0 Å². The fourth-order valence-electron chi connectivity index (χ4n) is 3.44. The number of amides is 1. The lowest BCUT2D eigenvalue weighted by molar-refractivity contribution is 0.0735. The topological polar surface area (TPSA) is 38.1 Å². The molecule has 1 aliphatic rings. The van der Waals surface area contributed by atoms with Crippen LogP contribution in [0.2, 0.25) is 0 Å². The quantitative estimate of drug-likeness (QED) is 0.604. The molecule has 1 atom stereocenters. The van der Waals surface area contributed by atoms with Gasteiger partial charge in [0.25, 0.3) is 5.91 Å². The van der Waals surface area contributed by atoms with E-state index in [-0.39, 0.29) is 11.9 Å². The second kappa shape index (κ2) is 6.77. The molecule has 2 aromatic heterocycles. The summed E-state index contributed by atoms with van der Waals surface area (Å²) >= 11 is 5.13. The molecule has 1 aliphatic heterocycles. The van der Waals surface area contributed by atoms with Crippen LogP contribution in [0.25, 0.3) is 5.69 Å². The number of likely N-dealkylation sites (tertiary alicyclic amines) is 1. The Morgan fingerprint density at radius 2 is 2.08 bits per heavy atom. The summed E-state index contributed by atoms with van der Waals surface area (Å²) in [5.41, 5.74) is 3.76.